The Morgan fingerprint density at radius 2 is 2.56 bits per heavy atom. The van der Waals surface area contributed by atoms with Gasteiger partial charge in [-0.15, -0.1) is 11.3 Å². The zero-order valence-corrected chi connectivity index (χ0v) is 11.3. The Kier molecular flexibility index (Phi) is 4.71. The third-order valence-electron chi connectivity index (χ3n) is 3.25. The molecule has 0 aromatic carbocycles. The average Bonchev–Trinajstić information content (AvgIpc) is 2.99. The summed E-state index contributed by atoms with van der Waals surface area (Å²) < 4.78 is 5.18. The SMILES string of the molecule is COCC1CCN(Cc2ccsc2C(=O)NN)C1. The van der Waals surface area contributed by atoms with Crippen molar-refractivity contribution in [2.45, 2.75) is 13.0 Å². The number of nitrogens with two attached hydrogens (primary N) is 1. The predicted molar refractivity (Wildman–Crippen MR) is 71.2 cm³/mol. The van der Waals surface area contributed by atoms with E-state index in [0.29, 0.717) is 10.8 Å². The van der Waals surface area contributed by atoms with Crippen molar-refractivity contribution in [2.75, 3.05) is 26.8 Å². The number of amides is 1. The second kappa shape index (κ2) is 6.29. The second-order valence-corrected chi connectivity index (χ2v) is 5.51. The lowest BCUT2D eigenvalue weighted by Gasteiger charge is -2.15. The van der Waals surface area contributed by atoms with E-state index in [1.54, 1.807) is 7.11 Å². The smallest absolute Gasteiger partial charge is 0.275 e. The molecule has 1 aromatic heterocycles. The number of methoxy groups -OCH3 is 1. The number of rotatable bonds is 5. The van der Waals surface area contributed by atoms with Crippen molar-refractivity contribution in [2.24, 2.45) is 11.8 Å². The summed E-state index contributed by atoms with van der Waals surface area (Å²) in [6.45, 7) is 3.73. The predicted octanol–water partition coefficient (Wildman–Crippen LogP) is 0.820. The van der Waals surface area contributed by atoms with Crippen LogP contribution in [0.5, 0.6) is 0 Å². The highest BCUT2D eigenvalue weighted by Crippen LogP contribution is 2.23. The van der Waals surface area contributed by atoms with Crippen LogP contribution in [0.4, 0.5) is 0 Å². The summed E-state index contributed by atoms with van der Waals surface area (Å²) >= 11 is 1.43. The Hall–Kier alpha value is -0.950. The van der Waals surface area contributed by atoms with Crippen LogP contribution in [-0.4, -0.2) is 37.6 Å². The van der Waals surface area contributed by atoms with E-state index in [0.717, 1.165) is 38.2 Å². The number of carbonyl (C=O) groups excluding carboxylic acids is 1. The molecule has 1 aliphatic rings. The van der Waals surface area contributed by atoms with Gasteiger partial charge in [0.25, 0.3) is 5.91 Å². The van der Waals surface area contributed by atoms with Gasteiger partial charge in [-0.3, -0.25) is 15.1 Å². The van der Waals surface area contributed by atoms with Crippen LogP contribution < -0.4 is 11.3 Å². The van der Waals surface area contributed by atoms with Gasteiger partial charge in [-0.25, -0.2) is 5.84 Å². The second-order valence-electron chi connectivity index (χ2n) is 4.59. The highest BCUT2D eigenvalue weighted by atomic mass is 32.1. The van der Waals surface area contributed by atoms with Gasteiger partial charge in [0.05, 0.1) is 11.5 Å². The standard InChI is InChI=1S/C12H19N3O2S/c1-17-8-9-2-4-15(6-9)7-10-3-5-18-11(10)12(16)14-13/h3,5,9H,2,4,6-8,13H2,1H3,(H,14,16). The Bertz CT molecular complexity index is 408. The van der Waals surface area contributed by atoms with E-state index in [2.05, 4.69) is 10.3 Å². The summed E-state index contributed by atoms with van der Waals surface area (Å²) in [6.07, 6.45) is 1.16. The lowest BCUT2D eigenvalue weighted by molar-refractivity contribution is 0.0956. The third kappa shape index (κ3) is 3.08. The van der Waals surface area contributed by atoms with Crippen LogP contribution in [-0.2, 0) is 11.3 Å². The Balaban J connectivity index is 1.94. The summed E-state index contributed by atoms with van der Waals surface area (Å²) in [5.74, 6) is 5.59. The molecule has 3 N–H and O–H groups in total. The lowest BCUT2D eigenvalue weighted by Crippen LogP contribution is -2.30. The van der Waals surface area contributed by atoms with Crippen molar-refractivity contribution in [1.29, 1.82) is 0 Å². The van der Waals surface area contributed by atoms with Crippen molar-refractivity contribution < 1.29 is 9.53 Å². The number of carbonyl (C=O) groups is 1. The topological polar surface area (TPSA) is 67.6 Å². The number of nitrogens with zero attached hydrogens (tertiary/aromatic N) is 1. The van der Waals surface area contributed by atoms with E-state index in [1.807, 2.05) is 11.4 Å². The minimum absolute atomic E-state index is 0.201. The van der Waals surface area contributed by atoms with Crippen molar-refractivity contribution in [3.63, 3.8) is 0 Å². The number of nitrogen functional groups attached to an aromatic ring is 1. The molecule has 5 nitrogen and oxygen atoms in total. The summed E-state index contributed by atoms with van der Waals surface area (Å²) in [5.41, 5.74) is 3.25. The van der Waals surface area contributed by atoms with Crippen LogP contribution >= 0.6 is 11.3 Å². The molecule has 1 fully saturated rings. The molecule has 6 heteroatoms. The molecule has 0 bridgehead atoms. The van der Waals surface area contributed by atoms with Gasteiger partial charge >= 0.3 is 0 Å². The molecular formula is C12H19N3O2S. The van der Waals surface area contributed by atoms with E-state index in [4.69, 9.17) is 10.6 Å². The van der Waals surface area contributed by atoms with Crippen LogP contribution in [0.2, 0.25) is 0 Å². The molecule has 0 radical (unpaired) electrons. The fourth-order valence-corrected chi connectivity index (χ4v) is 3.21. The molecular weight excluding hydrogens is 250 g/mol. The van der Waals surface area contributed by atoms with Gasteiger partial charge in [-0.1, -0.05) is 0 Å². The summed E-state index contributed by atoms with van der Waals surface area (Å²) in [5, 5.41) is 1.93. The molecule has 0 spiro atoms. The summed E-state index contributed by atoms with van der Waals surface area (Å²) in [4.78, 5) is 14.6. The first-order valence-corrected chi connectivity index (χ1v) is 6.91. The van der Waals surface area contributed by atoms with Crippen LogP contribution in [0.25, 0.3) is 0 Å². The van der Waals surface area contributed by atoms with Crippen LogP contribution in [0.15, 0.2) is 11.4 Å². The zero-order valence-electron chi connectivity index (χ0n) is 10.5. The molecule has 0 aliphatic carbocycles. The van der Waals surface area contributed by atoms with Crippen molar-refractivity contribution >= 4 is 17.2 Å². The number of ether oxygens (including phenoxy) is 1. The molecule has 1 amide bonds. The quantitative estimate of drug-likeness (QED) is 0.472. The van der Waals surface area contributed by atoms with Gasteiger partial charge in [0.1, 0.15) is 0 Å². The molecule has 18 heavy (non-hydrogen) atoms. The molecule has 1 unspecified atom stereocenters. The zero-order chi connectivity index (χ0) is 13.0. The normalized spacial score (nSPS) is 20.2. The first kappa shape index (κ1) is 13.5. The fraction of sp³-hybridized carbons (Fsp3) is 0.583. The van der Waals surface area contributed by atoms with Crippen molar-refractivity contribution in [3.8, 4) is 0 Å². The van der Waals surface area contributed by atoms with Gasteiger partial charge in [0, 0.05) is 20.2 Å². The molecule has 1 aliphatic heterocycles. The average molecular weight is 269 g/mol. The summed E-state index contributed by atoms with van der Waals surface area (Å²) in [7, 11) is 1.74. The van der Waals surface area contributed by atoms with Crippen molar-refractivity contribution in [1.82, 2.24) is 10.3 Å². The van der Waals surface area contributed by atoms with Gasteiger partial charge < -0.3 is 4.74 Å². The number of hydrogen-bond acceptors (Lipinski definition) is 5. The van der Waals surface area contributed by atoms with E-state index in [1.165, 1.54) is 11.3 Å². The van der Waals surface area contributed by atoms with E-state index >= 15 is 0 Å². The minimum Gasteiger partial charge on any atom is -0.384 e. The van der Waals surface area contributed by atoms with Crippen LogP contribution in [0, 0.1) is 5.92 Å². The molecule has 1 aromatic rings. The van der Waals surface area contributed by atoms with Crippen LogP contribution in [0.3, 0.4) is 0 Å². The molecule has 0 saturated carbocycles. The lowest BCUT2D eigenvalue weighted by atomic mass is 10.1. The highest BCUT2D eigenvalue weighted by molar-refractivity contribution is 7.12. The Morgan fingerprint density at radius 1 is 1.72 bits per heavy atom. The van der Waals surface area contributed by atoms with Gasteiger partial charge in [0.2, 0.25) is 0 Å². The molecule has 1 saturated heterocycles. The van der Waals surface area contributed by atoms with E-state index in [-0.39, 0.29) is 5.91 Å². The van der Waals surface area contributed by atoms with Gasteiger partial charge in [-0.2, -0.15) is 0 Å². The number of hydrazine groups is 1. The number of hydrogen-bond donors (Lipinski definition) is 2. The van der Waals surface area contributed by atoms with Crippen molar-refractivity contribution in [3.05, 3.63) is 21.9 Å². The highest BCUT2D eigenvalue weighted by Gasteiger charge is 2.23. The molecule has 100 valence electrons. The fourth-order valence-electron chi connectivity index (χ4n) is 2.39. The minimum atomic E-state index is -0.201. The first-order chi connectivity index (χ1) is 8.74. The Labute approximate surface area is 111 Å². The molecule has 1 atom stereocenters. The molecule has 2 rings (SSSR count). The first-order valence-electron chi connectivity index (χ1n) is 6.03. The monoisotopic (exact) mass is 269 g/mol. The van der Waals surface area contributed by atoms with E-state index in [9.17, 15) is 4.79 Å². The molecule has 2 heterocycles. The maximum Gasteiger partial charge on any atom is 0.275 e. The van der Waals surface area contributed by atoms with Gasteiger partial charge in [0.15, 0.2) is 0 Å². The maximum atomic E-state index is 11.6. The third-order valence-corrected chi connectivity index (χ3v) is 4.21. The number of thiophene rings is 1. The largest absolute Gasteiger partial charge is 0.384 e. The summed E-state index contributed by atoms with van der Waals surface area (Å²) in [6, 6.07) is 2.00. The Morgan fingerprint density at radius 3 is 3.28 bits per heavy atom. The number of nitrogens with one attached hydrogen (secondary N) is 1. The van der Waals surface area contributed by atoms with E-state index < -0.39 is 0 Å². The van der Waals surface area contributed by atoms with Crippen LogP contribution in [0.1, 0.15) is 21.7 Å². The number of likely N-dealkylation sites (tertiary alicyclic amines) is 1. The van der Waals surface area contributed by atoms with Gasteiger partial charge in [-0.05, 0) is 35.9 Å². The maximum absolute atomic E-state index is 11.6.